The monoisotopic (exact) mass is 489 g/mol. The summed E-state index contributed by atoms with van der Waals surface area (Å²) >= 11 is 1.31. The molecule has 0 fully saturated rings. The Hall–Kier alpha value is -4.18. The van der Waals surface area contributed by atoms with Gasteiger partial charge in [-0.1, -0.05) is 24.3 Å². The zero-order chi connectivity index (χ0) is 24.7. The number of nitrogens with zero attached hydrogens (tertiary/aromatic N) is 4. The molecule has 0 aliphatic heterocycles. The standard InChI is InChI=1S/C25H23N5O4S/c1-15-8-9-17(18(12-15)34-3)27-21(31)14-29-22-16-6-4-5-7-19(16)35-23(22)24(32)30(25(29)33)13-20-26-10-11-28(20)2/h4-12H,13-14H2,1-3H3,(H,27,31). The first-order chi connectivity index (χ1) is 16.9. The number of fused-ring (bicyclic) bond motifs is 3. The number of imidazole rings is 1. The van der Waals surface area contributed by atoms with Crippen LogP contribution >= 0.6 is 11.3 Å². The van der Waals surface area contributed by atoms with E-state index in [1.807, 2.05) is 43.3 Å². The molecule has 2 aromatic carbocycles. The minimum absolute atomic E-state index is 0.00123. The molecule has 0 atom stereocenters. The van der Waals surface area contributed by atoms with E-state index in [1.165, 1.54) is 23.0 Å². The van der Waals surface area contributed by atoms with Crippen molar-refractivity contribution in [2.24, 2.45) is 7.05 Å². The van der Waals surface area contributed by atoms with Crippen molar-refractivity contribution in [2.45, 2.75) is 20.0 Å². The third-order valence-corrected chi connectivity index (χ3v) is 7.04. The smallest absolute Gasteiger partial charge is 0.332 e. The molecule has 1 N–H and O–H groups in total. The Morgan fingerprint density at radius 3 is 2.69 bits per heavy atom. The number of aromatic nitrogens is 4. The number of hydrogen-bond acceptors (Lipinski definition) is 6. The number of carbonyl (C=O) groups excluding carboxylic acids is 1. The highest BCUT2D eigenvalue weighted by molar-refractivity contribution is 7.25. The second kappa shape index (κ2) is 8.88. The van der Waals surface area contributed by atoms with E-state index in [1.54, 1.807) is 30.1 Å². The summed E-state index contributed by atoms with van der Waals surface area (Å²) in [7, 11) is 3.33. The molecule has 0 aliphatic carbocycles. The van der Waals surface area contributed by atoms with Crippen LogP contribution in [0.15, 0.2) is 64.4 Å². The van der Waals surface area contributed by atoms with Gasteiger partial charge in [-0.3, -0.25) is 18.7 Å². The molecule has 0 bridgehead atoms. The molecule has 35 heavy (non-hydrogen) atoms. The lowest BCUT2D eigenvalue weighted by atomic mass is 10.2. The number of rotatable bonds is 6. The Labute approximate surface area is 203 Å². The predicted molar refractivity (Wildman–Crippen MR) is 137 cm³/mol. The zero-order valence-electron chi connectivity index (χ0n) is 19.4. The normalized spacial score (nSPS) is 11.3. The molecule has 0 unspecified atom stereocenters. The number of thiophene rings is 1. The number of carbonyl (C=O) groups is 1. The summed E-state index contributed by atoms with van der Waals surface area (Å²) < 4.78 is 10.9. The fourth-order valence-electron chi connectivity index (χ4n) is 4.11. The summed E-state index contributed by atoms with van der Waals surface area (Å²) in [6.07, 6.45) is 3.36. The number of benzene rings is 2. The maximum Gasteiger partial charge on any atom is 0.332 e. The molecule has 9 nitrogen and oxygen atoms in total. The lowest BCUT2D eigenvalue weighted by molar-refractivity contribution is -0.116. The van der Waals surface area contributed by atoms with Gasteiger partial charge in [0.25, 0.3) is 5.56 Å². The molecule has 5 rings (SSSR count). The van der Waals surface area contributed by atoms with E-state index in [-0.39, 0.29) is 13.1 Å². The van der Waals surface area contributed by atoms with Gasteiger partial charge in [0.2, 0.25) is 5.91 Å². The maximum atomic E-state index is 13.6. The van der Waals surface area contributed by atoms with Crippen LogP contribution in [-0.2, 0) is 24.9 Å². The van der Waals surface area contributed by atoms with Gasteiger partial charge in [0.05, 0.1) is 24.9 Å². The highest BCUT2D eigenvalue weighted by Gasteiger charge is 2.21. The van der Waals surface area contributed by atoms with Crippen LogP contribution in [0.5, 0.6) is 5.75 Å². The second-order valence-electron chi connectivity index (χ2n) is 8.24. The molecule has 0 radical (unpaired) electrons. The first-order valence-corrected chi connectivity index (χ1v) is 11.7. The van der Waals surface area contributed by atoms with Crippen LogP contribution in [0.25, 0.3) is 20.3 Å². The van der Waals surface area contributed by atoms with Crippen molar-refractivity contribution in [2.75, 3.05) is 12.4 Å². The molecule has 0 aliphatic rings. The topological polar surface area (TPSA) is 100 Å². The van der Waals surface area contributed by atoms with Crippen molar-refractivity contribution >= 4 is 43.2 Å². The molecule has 0 spiro atoms. The quantitative estimate of drug-likeness (QED) is 0.395. The first-order valence-electron chi connectivity index (χ1n) is 10.9. The molecular formula is C25H23N5O4S. The summed E-state index contributed by atoms with van der Waals surface area (Å²) in [5.41, 5.74) is 0.988. The van der Waals surface area contributed by atoms with Crippen LogP contribution in [0.2, 0.25) is 0 Å². The third-order valence-electron chi connectivity index (χ3n) is 5.89. The predicted octanol–water partition coefficient (Wildman–Crippen LogP) is 3.12. The average molecular weight is 490 g/mol. The van der Waals surface area contributed by atoms with Gasteiger partial charge < -0.3 is 14.6 Å². The maximum absolute atomic E-state index is 13.6. The minimum Gasteiger partial charge on any atom is -0.495 e. The number of hydrogen-bond donors (Lipinski definition) is 1. The lowest BCUT2D eigenvalue weighted by Gasteiger charge is -2.14. The zero-order valence-corrected chi connectivity index (χ0v) is 20.3. The van der Waals surface area contributed by atoms with Crippen LogP contribution in [0, 0.1) is 6.92 Å². The number of anilines is 1. The molecule has 5 aromatic rings. The van der Waals surface area contributed by atoms with Gasteiger partial charge in [0.15, 0.2) is 0 Å². The average Bonchev–Trinajstić information content (AvgIpc) is 3.44. The molecule has 178 valence electrons. The highest BCUT2D eigenvalue weighted by Crippen LogP contribution is 2.31. The number of aryl methyl sites for hydroxylation is 2. The molecule has 3 heterocycles. The van der Waals surface area contributed by atoms with E-state index >= 15 is 0 Å². The molecule has 0 saturated carbocycles. The van der Waals surface area contributed by atoms with Gasteiger partial charge in [-0.15, -0.1) is 11.3 Å². The molecule has 3 aromatic heterocycles. The number of nitrogens with one attached hydrogen (secondary N) is 1. The third kappa shape index (κ3) is 4.01. The number of methoxy groups -OCH3 is 1. The highest BCUT2D eigenvalue weighted by atomic mass is 32.1. The van der Waals surface area contributed by atoms with E-state index in [0.717, 1.165) is 20.2 Å². The summed E-state index contributed by atoms with van der Waals surface area (Å²) in [5, 5.41) is 3.59. The van der Waals surface area contributed by atoms with Gasteiger partial charge in [0.1, 0.15) is 22.8 Å². The summed E-state index contributed by atoms with van der Waals surface area (Å²) in [5.74, 6) is 0.676. The van der Waals surface area contributed by atoms with Crippen LogP contribution in [-0.4, -0.2) is 31.7 Å². The van der Waals surface area contributed by atoms with Crippen molar-refractivity contribution < 1.29 is 9.53 Å². The van der Waals surface area contributed by atoms with Gasteiger partial charge in [-0.25, -0.2) is 9.78 Å². The second-order valence-corrected chi connectivity index (χ2v) is 9.29. The minimum atomic E-state index is -0.569. The Morgan fingerprint density at radius 2 is 1.94 bits per heavy atom. The molecule has 1 amide bonds. The fraction of sp³-hybridized carbons (Fsp3) is 0.200. The van der Waals surface area contributed by atoms with Crippen molar-refractivity contribution in [1.29, 1.82) is 0 Å². The van der Waals surface area contributed by atoms with Crippen molar-refractivity contribution in [1.82, 2.24) is 18.7 Å². The Bertz CT molecular complexity index is 1710. The summed E-state index contributed by atoms with van der Waals surface area (Å²) in [4.78, 5) is 44.4. The van der Waals surface area contributed by atoms with Gasteiger partial charge >= 0.3 is 5.69 Å². The Balaban J connectivity index is 1.64. The van der Waals surface area contributed by atoms with Crippen LogP contribution < -0.4 is 21.3 Å². The van der Waals surface area contributed by atoms with E-state index < -0.39 is 17.2 Å². The SMILES string of the molecule is COc1cc(C)ccc1NC(=O)Cn1c(=O)n(Cc2nccn2C)c(=O)c2sc3ccccc3c21. The van der Waals surface area contributed by atoms with Crippen molar-refractivity contribution in [3.05, 3.63) is 87.1 Å². The van der Waals surface area contributed by atoms with Crippen LogP contribution in [0.3, 0.4) is 0 Å². The van der Waals surface area contributed by atoms with Gasteiger partial charge in [-0.2, -0.15) is 0 Å². The largest absolute Gasteiger partial charge is 0.495 e. The lowest BCUT2D eigenvalue weighted by Crippen LogP contribution is -2.42. The fourth-order valence-corrected chi connectivity index (χ4v) is 5.26. The molecule has 10 heteroatoms. The van der Waals surface area contributed by atoms with Crippen LogP contribution in [0.4, 0.5) is 5.69 Å². The van der Waals surface area contributed by atoms with Gasteiger partial charge in [0, 0.05) is 29.5 Å². The first kappa shape index (κ1) is 22.6. The van der Waals surface area contributed by atoms with Crippen molar-refractivity contribution in [3.63, 3.8) is 0 Å². The van der Waals surface area contributed by atoms with Crippen LogP contribution in [0.1, 0.15) is 11.4 Å². The molecule has 0 saturated heterocycles. The van der Waals surface area contributed by atoms with E-state index in [0.29, 0.717) is 27.5 Å². The Morgan fingerprint density at radius 1 is 1.14 bits per heavy atom. The van der Waals surface area contributed by atoms with E-state index in [2.05, 4.69) is 10.3 Å². The van der Waals surface area contributed by atoms with E-state index in [4.69, 9.17) is 4.74 Å². The van der Waals surface area contributed by atoms with Gasteiger partial charge in [-0.05, 0) is 30.7 Å². The Kier molecular flexibility index (Phi) is 5.73. The summed E-state index contributed by atoms with van der Waals surface area (Å²) in [6.45, 7) is 1.66. The summed E-state index contributed by atoms with van der Waals surface area (Å²) in [6, 6.07) is 12.9. The number of ether oxygens (including phenoxy) is 1. The van der Waals surface area contributed by atoms with E-state index in [9.17, 15) is 14.4 Å². The van der Waals surface area contributed by atoms with Crippen molar-refractivity contribution in [3.8, 4) is 5.75 Å². The number of amides is 1. The molecular weight excluding hydrogens is 466 g/mol.